The lowest BCUT2D eigenvalue weighted by molar-refractivity contribution is 0.563. The summed E-state index contributed by atoms with van der Waals surface area (Å²) in [6.45, 7) is 7.22. The molecular weight excluding hydrogens is 400 g/mol. The lowest BCUT2D eigenvalue weighted by atomic mass is 10.2. The van der Waals surface area contributed by atoms with Crippen LogP contribution in [0, 0.1) is 13.8 Å². The van der Waals surface area contributed by atoms with Crippen LogP contribution in [0.1, 0.15) is 48.9 Å². The maximum absolute atomic E-state index is 12.5. The van der Waals surface area contributed by atoms with Gasteiger partial charge in [-0.1, -0.05) is 50.1 Å². The zero-order valence-corrected chi connectivity index (χ0v) is 18.8. The number of benzene rings is 1. The van der Waals surface area contributed by atoms with E-state index in [0.29, 0.717) is 11.6 Å². The van der Waals surface area contributed by atoms with E-state index in [1.807, 2.05) is 19.9 Å². The molecule has 0 atom stereocenters. The second-order valence-corrected chi connectivity index (χ2v) is 9.51. The van der Waals surface area contributed by atoms with Gasteiger partial charge in [-0.05, 0) is 38.0 Å². The summed E-state index contributed by atoms with van der Waals surface area (Å²) in [6.07, 6.45) is 4.88. The van der Waals surface area contributed by atoms with E-state index in [0.717, 1.165) is 44.3 Å². The third-order valence-electron chi connectivity index (χ3n) is 5.28. The molecule has 0 unspecified atom stereocenters. The van der Waals surface area contributed by atoms with Crippen LogP contribution in [0.3, 0.4) is 0 Å². The van der Waals surface area contributed by atoms with E-state index >= 15 is 0 Å². The second kappa shape index (κ2) is 8.71. The number of thiophene rings is 1. The van der Waals surface area contributed by atoms with Crippen LogP contribution in [0.15, 0.2) is 34.2 Å². The molecule has 4 rings (SSSR count). The highest BCUT2D eigenvalue weighted by Crippen LogP contribution is 2.29. The lowest BCUT2D eigenvalue weighted by Gasteiger charge is -2.08. The summed E-state index contributed by atoms with van der Waals surface area (Å²) in [5, 5.41) is 1.72. The molecule has 3 aromatic heterocycles. The van der Waals surface area contributed by atoms with Crippen LogP contribution in [0.5, 0.6) is 0 Å². The number of nitrogens with one attached hydrogen (secondary N) is 1. The smallest absolute Gasteiger partial charge is 0.259 e. The molecule has 0 spiro atoms. The maximum Gasteiger partial charge on any atom is 0.259 e. The molecule has 0 saturated carbocycles. The van der Waals surface area contributed by atoms with Gasteiger partial charge in [0.2, 0.25) is 0 Å². The van der Waals surface area contributed by atoms with Crippen molar-refractivity contribution in [2.75, 3.05) is 0 Å². The van der Waals surface area contributed by atoms with Gasteiger partial charge in [-0.15, -0.1) is 11.3 Å². The molecule has 152 valence electrons. The van der Waals surface area contributed by atoms with E-state index in [1.54, 1.807) is 23.1 Å². The Morgan fingerprint density at radius 2 is 1.97 bits per heavy atom. The number of imidazole rings is 1. The number of fused-ring (bicyclic) bond motifs is 2. The maximum atomic E-state index is 12.5. The van der Waals surface area contributed by atoms with Crippen LogP contribution in [0.2, 0.25) is 0 Å². The summed E-state index contributed by atoms with van der Waals surface area (Å²) in [7, 11) is 0. The minimum atomic E-state index is -0.0412. The van der Waals surface area contributed by atoms with Gasteiger partial charge < -0.3 is 9.55 Å². The average Bonchev–Trinajstić information content (AvgIpc) is 3.20. The lowest BCUT2D eigenvalue weighted by Crippen LogP contribution is -2.11. The van der Waals surface area contributed by atoms with Gasteiger partial charge in [0.1, 0.15) is 10.7 Å². The largest absolute Gasteiger partial charge is 0.319 e. The summed E-state index contributed by atoms with van der Waals surface area (Å²) < 4.78 is 2.31. The Bertz CT molecular complexity index is 1200. The summed E-state index contributed by atoms with van der Waals surface area (Å²) in [6, 6.07) is 8.29. The SMILES string of the molecule is CCCCCCn1c(SCc2nc3sc(C)c(C)c3c(=O)[nH]2)nc2ccccc21. The molecule has 0 aliphatic heterocycles. The Morgan fingerprint density at radius 1 is 1.14 bits per heavy atom. The van der Waals surface area contributed by atoms with Crippen LogP contribution in [0.25, 0.3) is 21.3 Å². The normalized spacial score (nSPS) is 11.7. The number of aromatic amines is 1. The van der Waals surface area contributed by atoms with Crippen LogP contribution in [-0.2, 0) is 12.3 Å². The molecule has 0 saturated heterocycles. The first-order valence-electron chi connectivity index (χ1n) is 10.2. The summed E-state index contributed by atoms with van der Waals surface area (Å²) in [5.41, 5.74) is 3.19. The predicted octanol–water partition coefficient (Wildman–Crippen LogP) is 5.82. The number of hydrogen-bond donors (Lipinski definition) is 1. The fraction of sp³-hybridized carbons (Fsp3) is 0.409. The third-order valence-corrected chi connectivity index (χ3v) is 7.37. The number of aromatic nitrogens is 4. The molecule has 0 aliphatic rings. The third kappa shape index (κ3) is 4.12. The van der Waals surface area contributed by atoms with Crippen molar-refractivity contribution >= 4 is 44.3 Å². The van der Waals surface area contributed by atoms with Gasteiger partial charge in [-0.3, -0.25) is 4.79 Å². The van der Waals surface area contributed by atoms with Gasteiger partial charge in [0.05, 0.1) is 22.2 Å². The summed E-state index contributed by atoms with van der Waals surface area (Å²) in [5.74, 6) is 1.30. The highest BCUT2D eigenvalue weighted by molar-refractivity contribution is 7.98. The fourth-order valence-electron chi connectivity index (χ4n) is 3.58. The highest BCUT2D eigenvalue weighted by Gasteiger charge is 2.14. The van der Waals surface area contributed by atoms with E-state index in [1.165, 1.54) is 24.8 Å². The molecule has 1 aromatic carbocycles. The minimum absolute atomic E-state index is 0.0412. The zero-order chi connectivity index (χ0) is 20.4. The first kappa shape index (κ1) is 20.2. The van der Waals surface area contributed by atoms with Crippen LogP contribution < -0.4 is 5.56 Å². The quantitative estimate of drug-likeness (QED) is 0.285. The molecule has 5 nitrogen and oxygen atoms in total. The Morgan fingerprint density at radius 3 is 2.79 bits per heavy atom. The van der Waals surface area contributed by atoms with Gasteiger partial charge >= 0.3 is 0 Å². The molecule has 0 amide bonds. The van der Waals surface area contributed by atoms with Crippen LogP contribution >= 0.6 is 23.1 Å². The van der Waals surface area contributed by atoms with Crippen molar-refractivity contribution in [2.45, 2.75) is 63.9 Å². The van der Waals surface area contributed by atoms with Crippen LogP contribution in [-0.4, -0.2) is 19.5 Å². The van der Waals surface area contributed by atoms with E-state index < -0.39 is 0 Å². The number of para-hydroxylation sites is 2. The first-order chi connectivity index (χ1) is 14.1. The van der Waals surface area contributed by atoms with Crippen molar-refractivity contribution in [1.82, 2.24) is 19.5 Å². The molecular formula is C22H26N4OS2. The van der Waals surface area contributed by atoms with Crippen molar-refractivity contribution in [3.63, 3.8) is 0 Å². The van der Waals surface area contributed by atoms with Crippen molar-refractivity contribution in [1.29, 1.82) is 0 Å². The Hall–Kier alpha value is -2.12. The molecule has 0 radical (unpaired) electrons. The van der Waals surface area contributed by atoms with E-state index in [2.05, 4.69) is 34.7 Å². The minimum Gasteiger partial charge on any atom is -0.319 e. The molecule has 4 aromatic rings. The number of nitrogens with zero attached hydrogens (tertiary/aromatic N) is 3. The van der Waals surface area contributed by atoms with Gasteiger partial charge in [0.15, 0.2) is 5.16 Å². The fourth-order valence-corrected chi connectivity index (χ4v) is 5.54. The Kier molecular flexibility index (Phi) is 6.06. The molecule has 0 fully saturated rings. The second-order valence-electron chi connectivity index (χ2n) is 7.36. The average molecular weight is 427 g/mol. The number of thioether (sulfide) groups is 1. The summed E-state index contributed by atoms with van der Waals surface area (Å²) in [4.78, 5) is 27.0. The van der Waals surface area contributed by atoms with Gasteiger partial charge in [-0.2, -0.15) is 0 Å². The van der Waals surface area contributed by atoms with Crippen molar-refractivity contribution in [2.24, 2.45) is 0 Å². The van der Waals surface area contributed by atoms with E-state index in [-0.39, 0.29) is 5.56 Å². The molecule has 0 bridgehead atoms. The Balaban J connectivity index is 1.59. The standard InChI is InChI=1S/C22H26N4OS2/c1-4-5-6-9-12-26-17-11-8-7-10-16(17)23-22(26)28-13-18-24-20(27)19-14(2)15(3)29-21(19)25-18/h7-8,10-11H,4-6,9,12-13H2,1-3H3,(H,24,25,27). The highest BCUT2D eigenvalue weighted by atomic mass is 32.2. The summed E-state index contributed by atoms with van der Waals surface area (Å²) >= 11 is 3.23. The monoisotopic (exact) mass is 426 g/mol. The van der Waals surface area contributed by atoms with Crippen molar-refractivity contribution in [3.05, 3.63) is 50.9 Å². The topological polar surface area (TPSA) is 63.6 Å². The van der Waals surface area contributed by atoms with Crippen molar-refractivity contribution < 1.29 is 0 Å². The van der Waals surface area contributed by atoms with E-state index in [9.17, 15) is 4.79 Å². The first-order valence-corrected chi connectivity index (χ1v) is 12.0. The van der Waals surface area contributed by atoms with Crippen LogP contribution in [0.4, 0.5) is 0 Å². The molecule has 0 aliphatic carbocycles. The van der Waals surface area contributed by atoms with E-state index in [4.69, 9.17) is 9.97 Å². The number of unbranched alkanes of at least 4 members (excludes halogenated alkanes) is 3. The zero-order valence-electron chi connectivity index (χ0n) is 17.1. The molecule has 3 heterocycles. The number of rotatable bonds is 8. The predicted molar refractivity (Wildman–Crippen MR) is 123 cm³/mol. The van der Waals surface area contributed by atoms with Crippen molar-refractivity contribution in [3.8, 4) is 0 Å². The van der Waals surface area contributed by atoms with Gasteiger partial charge in [0.25, 0.3) is 5.56 Å². The molecule has 29 heavy (non-hydrogen) atoms. The number of aryl methyl sites for hydroxylation is 3. The molecule has 7 heteroatoms. The van der Waals surface area contributed by atoms with Gasteiger partial charge in [0, 0.05) is 11.4 Å². The van der Waals surface area contributed by atoms with Gasteiger partial charge in [-0.25, -0.2) is 9.97 Å². The number of H-pyrrole nitrogens is 1. The Labute approximate surface area is 178 Å². The molecule has 1 N–H and O–H groups in total. The number of hydrogen-bond acceptors (Lipinski definition) is 5.